The standard InChI is InChI=1S/C21H24N4.ClH/c22-13-12-16-7-6-14-25(15-16)21-23-19-11-5-4-10-18(19)20(24-21)17-8-2-1-3-9-17;/h1-5,8-11,16H,6-7,12-15,22H2;1H. The third-order valence-corrected chi connectivity index (χ3v) is 5.02. The summed E-state index contributed by atoms with van der Waals surface area (Å²) in [6, 6.07) is 18.7. The van der Waals surface area contributed by atoms with Gasteiger partial charge >= 0.3 is 0 Å². The summed E-state index contributed by atoms with van der Waals surface area (Å²) in [4.78, 5) is 12.2. The zero-order valence-corrected chi connectivity index (χ0v) is 15.7. The lowest BCUT2D eigenvalue weighted by atomic mass is 9.95. The quantitative estimate of drug-likeness (QED) is 0.746. The van der Waals surface area contributed by atoms with Crippen molar-refractivity contribution in [1.82, 2.24) is 9.97 Å². The summed E-state index contributed by atoms with van der Waals surface area (Å²) < 4.78 is 0. The molecular weight excluding hydrogens is 344 g/mol. The van der Waals surface area contributed by atoms with Crippen LogP contribution < -0.4 is 10.6 Å². The fourth-order valence-corrected chi connectivity index (χ4v) is 3.74. The van der Waals surface area contributed by atoms with Crippen molar-refractivity contribution in [3.05, 3.63) is 54.6 Å². The van der Waals surface area contributed by atoms with E-state index in [4.69, 9.17) is 15.7 Å². The van der Waals surface area contributed by atoms with E-state index in [1.165, 1.54) is 12.8 Å². The Kier molecular flexibility index (Phi) is 6.07. The predicted molar refractivity (Wildman–Crippen MR) is 111 cm³/mol. The van der Waals surface area contributed by atoms with Crippen molar-refractivity contribution in [2.75, 3.05) is 24.5 Å². The Morgan fingerprint density at radius 2 is 1.77 bits per heavy atom. The maximum Gasteiger partial charge on any atom is 0.226 e. The lowest BCUT2D eigenvalue weighted by Gasteiger charge is -2.33. The van der Waals surface area contributed by atoms with Crippen molar-refractivity contribution in [1.29, 1.82) is 0 Å². The minimum atomic E-state index is 0. The van der Waals surface area contributed by atoms with Gasteiger partial charge in [-0.1, -0.05) is 48.5 Å². The highest BCUT2D eigenvalue weighted by molar-refractivity contribution is 5.93. The second-order valence-electron chi connectivity index (χ2n) is 6.79. The van der Waals surface area contributed by atoms with Crippen LogP contribution in [0.1, 0.15) is 19.3 Å². The van der Waals surface area contributed by atoms with Gasteiger partial charge in [0, 0.05) is 24.0 Å². The molecule has 0 aliphatic carbocycles. The topological polar surface area (TPSA) is 55.0 Å². The molecule has 4 nitrogen and oxygen atoms in total. The molecule has 0 saturated carbocycles. The van der Waals surface area contributed by atoms with E-state index >= 15 is 0 Å². The van der Waals surface area contributed by atoms with Gasteiger partial charge in [-0.15, -0.1) is 12.4 Å². The summed E-state index contributed by atoms with van der Waals surface area (Å²) in [5, 5.41) is 1.10. The molecule has 0 spiro atoms. The number of benzene rings is 2. The summed E-state index contributed by atoms with van der Waals surface area (Å²) in [5.41, 5.74) is 8.93. The molecule has 2 heterocycles. The molecule has 26 heavy (non-hydrogen) atoms. The molecule has 3 aromatic rings. The minimum Gasteiger partial charge on any atom is -0.341 e. The number of nitrogens with two attached hydrogens (primary N) is 1. The van der Waals surface area contributed by atoms with Gasteiger partial charge in [0.25, 0.3) is 0 Å². The van der Waals surface area contributed by atoms with E-state index in [2.05, 4.69) is 47.4 Å². The van der Waals surface area contributed by atoms with Crippen LogP contribution in [0.25, 0.3) is 22.2 Å². The zero-order chi connectivity index (χ0) is 17.1. The molecule has 0 amide bonds. The lowest BCUT2D eigenvalue weighted by Crippen LogP contribution is -2.37. The number of rotatable bonds is 4. The monoisotopic (exact) mass is 368 g/mol. The highest BCUT2D eigenvalue weighted by atomic mass is 35.5. The number of anilines is 1. The summed E-state index contributed by atoms with van der Waals surface area (Å²) in [6.45, 7) is 2.78. The molecule has 1 aromatic heterocycles. The van der Waals surface area contributed by atoms with Gasteiger partial charge < -0.3 is 10.6 Å². The number of aromatic nitrogens is 2. The first-order chi connectivity index (χ1) is 12.3. The van der Waals surface area contributed by atoms with E-state index in [1.54, 1.807) is 0 Å². The first-order valence-electron chi connectivity index (χ1n) is 9.12. The Balaban J connectivity index is 0.00000196. The van der Waals surface area contributed by atoms with Crippen LogP contribution >= 0.6 is 12.4 Å². The molecule has 136 valence electrons. The number of hydrogen-bond acceptors (Lipinski definition) is 4. The molecule has 4 rings (SSSR count). The first-order valence-corrected chi connectivity index (χ1v) is 9.12. The molecular formula is C21H25ClN4. The third kappa shape index (κ3) is 3.81. The van der Waals surface area contributed by atoms with Gasteiger partial charge in [0.1, 0.15) is 0 Å². The SMILES string of the molecule is Cl.NCCC1CCCN(c2nc(-c3ccccc3)c3ccccc3n2)C1. The van der Waals surface area contributed by atoms with Crippen molar-refractivity contribution >= 4 is 29.3 Å². The fraction of sp³-hybridized carbons (Fsp3) is 0.333. The number of para-hydroxylation sites is 1. The molecule has 1 fully saturated rings. The Bertz CT molecular complexity index is 851. The summed E-state index contributed by atoms with van der Waals surface area (Å²) >= 11 is 0. The van der Waals surface area contributed by atoms with E-state index in [9.17, 15) is 0 Å². The molecule has 2 N–H and O–H groups in total. The largest absolute Gasteiger partial charge is 0.341 e. The van der Waals surface area contributed by atoms with Gasteiger partial charge in [0.05, 0.1) is 11.2 Å². The van der Waals surface area contributed by atoms with Crippen LogP contribution in [0.5, 0.6) is 0 Å². The van der Waals surface area contributed by atoms with Gasteiger partial charge in [-0.05, 0) is 37.8 Å². The van der Waals surface area contributed by atoms with Crippen LogP contribution in [-0.2, 0) is 0 Å². The summed E-state index contributed by atoms with van der Waals surface area (Å²) in [5.74, 6) is 1.49. The van der Waals surface area contributed by atoms with Crippen molar-refractivity contribution in [2.24, 2.45) is 11.7 Å². The maximum absolute atomic E-state index is 5.77. The van der Waals surface area contributed by atoms with E-state index in [1.807, 2.05) is 12.1 Å². The molecule has 1 unspecified atom stereocenters. The van der Waals surface area contributed by atoms with Gasteiger partial charge in [0.15, 0.2) is 0 Å². The molecule has 1 saturated heterocycles. The Morgan fingerprint density at radius 3 is 2.58 bits per heavy atom. The van der Waals surface area contributed by atoms with Gasteiger partial charge in [0.2, 0.25) is 5.95 Å². The van der Waals surface area contributed by atoms with Gasteiger partial charge in [-0.3, -0.25) is 0 Å². The number of piperidine rings is 1. The third-order valence-electron chi connectivity index (χ3n) is 5.02. The average Bonchev–Trinajstić information content (AvgIpc) is 2.68. The van der Waals surface area contributed by atoms with Gasteiger partial charge in [-0.2, -0.15) is 0 Å². The second kappa shape index (κ2) is 8.47. The molecule has 0 radical (unpaired) electrons. The smallest absolute Gasteiger partial charge is 0.226 e. The average molecular weight is 369 g/mol. The van der Waals surface area contributed by atoms with E-state index in [0.29, 0.717) is 5.92 Å². The molecule has 1 aliphatic heterocycles. The molecule has 0 bridgehead atoms. The lowest BCUT2D eigenvalue weighted by molar-refractivity contribution is 0.393. The van der Waals surface area contributed by atoms with Crippen molar-refractivity contribution in [3.8, 4) is 11.3 Å². The van der Waals surface area contributed by atoms with Crippen molar-refractivity contribution in [3.63, 3.8) is 0 Å². The molecule has 1 atom stereocenters. The minimum absolute atomic E-state index is 0. The highest BCUT2D eigenvalue weighted by Crippen LogP contribution is 2.30. The van der Waals surface area contributed by atoms with Crippen LogP contribution in [0.3, 0.4) is 0 Å². The molecule has 1 aliphatic rings. The van der Waals surface area contributed by atoms with Crippen molar-refractivity contribution in [2.45, 2.75) is 19.3 Å². The fourth-order valence-electron chi connectivity index (χ4n) is 3.74. The highest BCUT2D eigenvalue weighted by Gasteiger charge is 2.22. The Hall–Kier alpha value is -2.17. The van der Waals surface area contributed by atoms with Crippen LogP contribution in [-0.4, -0.2) is 29.6 Å². The summed E-state index contributed by atoms with van der Waals surface area (Å²) in [6.07, 6.45) is 3.52. The van der Waals surface area contributed by atoms with Crippen LogP contribution in [0.15, 0.2) is 54.6 Å². The van der Waals surface area contributed by atoms with Crippen LogP contribution in [0.2, 0.25) is 0 Å². The zero-order valence-electron chi connectivity index (χ0n) is 14.8. The second-order valence-corrected chi connectivity index (χ2v) is 6.79. The molecule has 5 heteroatoms. The molecule has 2 aromatic carbocycles. The number of hydrogen-bond donors (Lipinski definition) is 1. The van der Waals surface area contributed by atoms with E-state index in [0.717, 1.165) is 54.2 Å². The van der Waals surface area contributed by atoms with E-state index < -0.39 is 0 Å². The number of halogens is 1. The number of nitrogens with zero attached hydrogens (tertiary/aromatic N) is 3. The number of fused-ring (bicyclic) bond motifs is 1. The van der Waals surface area contributed by atoms with Crippen LogP contribution in [0.4, 0.5) is 5.95 Å². The Morgan fingerprint density at radius 1 is 1.00 bits per heavy atom. The van der Waals surface area contributed by atoms with E-state index in [-0.39, 0.29) is 12.4 Å². The summed E-state index contributed by atoms with van der Waals surface area (Å²) in [7, 11) is 0. The maximum atomic E-state index is 5.77. The Labute approximate surface area is 160 Å². The predicted octanol–water partition coefficient (Wildman–Crippen LogP) is 4.28. The normalized spacial score (nSPS) is 17.1. The van der Waals surface area contributed by atoms with Crippen LogP contribution in [0, 0.1) is 5.92 Å². The van der Waals surface area contributed by atoms with Gasteiger partial charge in [-0.25, -0.2) is 9.97 Å². The van der Waals surface area contributed by atoms with Crippen molar-refractivity contribution < 1.29 is 0 Å². The first kappa shape index (κ1) is 18.6.